The molecule has 1 aromatic rings. The number of benzene rings is 1. The summed E-state index contributed by atoms with van der Waals surface area (Å²) in [6.07, 6.45) is 2.10. The van der Waals surface area contributed by atoms with Crippen LogP contribution in [0.2, 0.25) is 5.02 Å². The summed E-state index contributed by atoms with van der Waals surface area (Å²) >= 11 is 6.05. The van der Waals surface area contributed by atoms with Gasteiger partial charge in [-0.05, 0) is 44.0 Å². The van der Waals surface area contributed by atoms with Crippen molar-refractivity contribution in [3.05, 3.63) is 28.8 Å². The van der Waals surface area contributed by atoms with E-state index >= 15 is 0 Å². The first-order valence-electron chi connectivity index (χ1n) is 7.13. The first-order chi connectivity index (χ1) is 10.1. The highest BCUT2D eigenvalue weighted by molar-refractivity contribution is 6.33. The molecule has 0 saturated carbocycles. The van der Waals surface area contributed by atoms with Gasteiger partial charge in [0.05, 0.1) is 16.8 Å². The van der Waals surface area contributed by atoms with E-state index in [1.165, 1.54) is 0 Å². The summed E-state index contributed by atoms with van der Waals surface area (Å²) in [6.45, 7) is 3.14. The molecule has 3 N–H and O–H groups in total. The van der Waals surface area contributed by atoms with E-state index in [9.17, 15) is 9.59 Å². The standard InChI is InChI=1S/C15H20ClN3O2/c1-10-4-5-12(11(16)9-10)19-14(20)6-8-18-15(21)13-3-2-7-17-13/h4-5,9,13,17H,2-3,6-8H2,1H3,(H,18,21)(H,19,20). The third kappa shape index (κ3) is 4.72. The van der Waals surface area contributed by atoms with Crippen LogP contribution in [0.15, 0.2) is 18.2 Å². The molecule has 2 amide bonds. The van der Waals surface area contributed by atoms with E-state index in [1.54, 1.807) is 12.1 Å². The maximum atomic E-state index is 11.8. The van der Waals surface area contributed by atoms with E-state index in [0.29, 0.717) is 17.3 Å². The highest BCUT2D eigenvalue weighted by Crippen LogP contribution is 2.22. The molecule has 1 fully saturated rings. The Balaban J connectivity index is 1.73. The maximum Gasteiger partial charge on any atom is 0.237 e. The predicted octanol–water partition coefficient (Wildman–Crippen LogP) is 1.85. The zero-order valence-corrected chi connectivity index (χ0v) is 12.8. The van der Waals surface area contributed by atoms with Gasteiger partial charge >= 0.3 is 0 Å². The number of carbonyl (C=O) groups excluding carboxylic acids is 2. The van der Waals surface area contributed by atoms with Crippen LogP contribution in [-0.4, -0.2) is 30.9 Å². The topological polar surface area (TPSA) is 70.2 Å². The Labute approximate surface area is 129 Å². The van der Waals surface area contributed by atoms with Gasteiger partial charge in [0.25, 0.3) is 0 Å². The van der Waals surface area contributed by atoms with Crippen LogP contribution >= 0.6 is 11.6 Å². The van der Waals surface area contributed by atoms with Crippen LogP contribution in [0.25, 0.3) is 0 Å². The molecule has 1 atom stereocenters. The number of halogens is 1. The lowest BCUT2D eigenvalue weighted by Gasteiger charge is -2.11. The van der Waals surface area contributed by atoms with Gasteiger partial charge in [-0.15, -0.1) is 0 Å². The summed E-state index contributed by atoms with van der Waals surface area (Å²) in [7, 11) is 0. The number of rotatable bonds is 5. The normalized spacial score (nSPS) is 17.5. The van der Waals surface area contributed by atoms with Crippen LogP contribution in [-0.2, 0) is 9.59 Å². The molecule has 0 aromatic heterocycles. The molecule has 1 heterocycles. The van der Waals surface area contributed by atoms with Gasteiger partial charge in [-0.3, -0.25) is 9.59 Å². The minimum Gasteiger partial charge on any atom is -0.354 e. The Hall–Kier alpha value is -1.59. The van der Waals surface area contributed by atoms with Gasteiger partial charge < -0.3 is 16.0 Å². The summed E-state index contributed by atoms with van der Waals surface area (Å²) < 4.78 is 0. The molecule has 6 heteroatoms. The van der Waals surface area contributed by atoms with Crippen LogP contribution in [0.1, 0.15) is 24.8 Å². The number of nitrogens with one attached hydrogen (secondary N) is 3. The molecule has 2 rings (SSSR count). The molecule has 114 valence electrons. The van der Waals surface area contributed by atoms with Gasteiger partial charge in [0.1, 0.15) is 0 Å². The molecule has 1 aliphatic rings. The first kappa shape index (κ1) is 15.8. The van der Waals surface area contributed by atoms with Gasteiger partial charge in [0.2, 0.25) is 11.8 Å². The van der Waals surface area contributed by atoms with Crippen molar-refractivity contribution in [2.24, 2.45) is 0 Å². The van der Waals surface area contributed by atoms with Gasteiger partial charge in [-0.25, -0.2) is 0 Å². The number of amides is 2. The fourth-order valence-electron chi connectivity index (χ4n) is 2.26. The lowest BCUT2D eigenvalue weighted by Crippen LogP contribution is -2.41. The second kappa shape index (κ2) is 7.43. The van der Waals surface area contributed by atoms with Crippen LogP contribution in [0.4, 0.5) is 5.69 Å². The molecular formula is C15H20ClN3O2. The molecule has 0 aliphatic carbocycles. The summed E-state index contributed by atoms with van der Waals surface area (Å²) in [5.41, 5.74) is 1.63. The highest BCUT2D eigenvalue weighted by Gasteiger charge is 2.21. The van der Waals surface area contributed by atoms with Crippen LogP contribution in [0.3, 0.4) is 0 Å². The van der Waals surface area contributed by atoms with Gasteiger partial charge in [-0.1, -0.05) is 17.7 Å². The van der Waals surface area contributed by atoms with Crippen LogP contribution in [0.5, 0.6) is 0 Å². The van der Waals surface area contributed by atoms with Crippen LogP contribution < -0.4 is 16.0 Å². The van der Waals surface area contributed by atoms with Crippen molar-refractivity contribution in [3.63, 3.8) is 0 Å². The minimum absolute atomic E-state index is 0.0336. The Morgan fingerprint density at radius 3 is 2.90 bits per heavy atom. The third-order valence-electron chi connectivity index (χ3n) is 3.43. The number of anilines is 1. The lowest BCUT2D eigenvalue weighted by atomic mass is 10.2. The van der Waals surface area contributed by atoms with E-state index in [1.807, 2.05) is 13.0 Å². The molecule has 0 radical (unpaired) electrons. The Kier molecular flexibility index (Phi) is 5.59. The van der Waals surface area contributed by atoms with E-state index in [0.717, 1.165) is 24.9 Å². The van der Waals surface area contributed by atoms with Crippen LogP contribution in [0, 0.1) is 6.92 Å². The maximum absolute atomic E-state index is 11.8. The van der Waals surface area contributed by atoms with Gasteiger partial charge in [0, 0.05) is 13.0 Å². The third-order valence-corrected chi connectivity index (χ3v) is 3.74. The largest absolute Gasteiger partial charge is 0.354 e. The Morgan fingerprint density at radius 2 is 2.24 bits per heavy atom. The van der Waals surface area contributed by atoms with Crippen molar-refractivity contribution in [2.45, 2.75) is 32.2 Å². The Bertz CT molecular complexity index is 528. The summed E-state index contributed by atoms with van der Waals surface area (Å²) in [5, 5.41) is 9.15. The lowest BCUT2D eigenvalue weighted by molar-refractivity contribution is -0.122. The monoisotopic (exact) mass is 309 g/mol. The molecule has 5 nitrogen and oxygen atoms in total. The fourth-order valence-corrected chi connectivity index (χ4v) is 2.55. The van der Waals surface area contributed by atoms with E-state index in [4.69, 9.17) is 11.6 Å². The van der Waals surface area contributed by atoms with Gasteiger partial charge in [0.15, 0.2) is 0 Å². The smallest absolute Gasteiger partial charge is 0.237 e. The highest BCUT2D eigenvalue weighted by atomic mass is 35.5. The summed E-state index contributed by atoms with van der Waals surface area (Å²) in [6, 6.07) is 5.34. The van der Waals surface area contributed by atoms with Crippen molar-refractivity contribution in [2.75, 3.05) is 18.4 Å². The zero-order chi connectivity index (χ0) is 15.2. The van der Waals surface area contributed by atoms with E-state index in [-0.39, 0.29) is 24.3 Å². The average molecular weight is 310 g/mol. The summed E-state index contributed by atoms with van der Waals surface area (Å²) in [5.74, 6) is -0.200. The second-order valence-corrected chi connectivity index (χ2v) is 5.63. The van der Waals surface area contributed by atoms with Crippen molar-refractivity contribution >= 4 is 29.1 Å². The van der Waals surface area contributed by atoms with E-state index < -0.39 is 0 Å². The SMILES string of the molecule is Cc1ccc(NC(=O)CCNC(=O)C2CCCN2)c(Cl)c1. The quantitative estimate of drug-likeness (QED) is 0.777. The van der Waals surface area contributed by atoms with Crippen molar-refractivity contribution in [3.8, 4) is 0 Å². The molecule has 0 bridgehead atoms. The number of carbonyl (C=O) groups is 2. The zero-order valence-electron chi connectivity index (χ0n) is 12.0. The molecule has 1 aliphatic heterocycles. The second-order valence-electron chi connectivity index (χ2n) is 5.22. The molecule has 21 heavy (non-hydrogen) atoms. The number of hydrogen-bond acceptors (Lipinski definition) is 3. The van der Waals surface area contributed by atoms with Gasteiger partial charge in [-0.2, -0.15) is 0 Å². The van der Waals surface area contributed by atoms with Crippen molar-refractivity contribution < 1.29 is 9.59 Å². The predicted molar refractivity (Wildman–Crippen MR) is 83.5 cm³/mol. The van der Waals surface area contributed by atoms with Crippen molar-refractivity contribution in [1.82, 2.24) is 10.6 Å². The number of aryl methyl sites for hydroxylation is 1. The molecular weight excluding hydrogens is 290 g/mol. The molecule has 1 saturated heterocycles. The fraction of sp³-hybridized carbons (Fsp3) is 0.467. The average Bonchev–Trinajstić information content (AvgIpc) is 2.96. The summed E-state index contributed by atoms with van der Waals surface area (Å²) in [4.78, 5) is 23.6. The Morgan fingerprint density at radius 1 is 1.43 bits per heavy atom. The van der Waals surface area contributed by atoms with E-state index in [2.05, 4.69) is 16.0 Å². The first-order valence-corrected chi connectivity index (χ1v) is 7.51. The molecule has 0 spiro atoms. The molecule has 1 unspecified atom stereocenters. The van der Waals surface area contributed by atoms with Crippen molar-refractivity contribution in [1.29, 1.82) is 0 Å². The molecule has 1 aromatic carbocycles. The number of hydrogen-bond donors (Lipinski definition) is 3. The minimum atomic E-state index is -0.166.